The van der Waals surface area contributed by atoms with Crippen molar-refractivity contribution < 1.29 is 0 Å². The standard InChI is InChI=1S/C11H16N2S/c1-4-6-10(5-2)12-7-11-8-14-9(3)13-11/h2,8,10,12H,4,6-7H2,1,3H3. The van der Waals surface area contributed by atoms with E-state index in [0.717, 1.165) is 30.1 Å². The largest absolute Gasteiger partial charge is 0.298 e. The van der Waals surface area contributed by atoms with E-state index in [1.165, 1.54) is 0 Å². The molecule has 0 saturated carbocycles. The van der Waals surface area contributed by atoms with Crippen molar-refractivity contribution >= 4 is 11.3 Å². The molecule has 1 rings (SSSR count). The number of hydrogen-bond donors (Lipinski definition) is 1. The monoisotopic (exact) mass is 208 g/mol. The average molecular weight is 208 g/mol. The molecule has 1 heterocycles. The molecule has 0 fully saturated rings. The van der Waals surface area contributed by atoms with Crippen molar-refractivity contribution in [1.29, 1.82) is 0 Å². The van der Waals surface area contributed by atoms with Gasteiger partial charge in [0.1, 0.15) is 0 Å². The molecule has 1 aromatic heterocycles. The van der Waals surface area contributed by atoms with E-state index >= 15 is 0 Å². The molecule has 1 aromatic rings. The molecule has 0 saturated heterocycles. The minimum atomic E-state index is 0.182. The molecule has 0 aromatic carbocycles. The smallest absolute Gasteiger partial charge is 0.0897 e. The number of nitrogens with one attached hydrogen (secondary N) is 1. The predicted octanol–water partition coefficient (Wildman–Crippen LogP) is 2.34. The molecular weight excluding hydrogens is 192 g/mol. The highest BCUT2D eigenvalue weighted by Gasteiger charge is 2.03. The van der Waals surface area contributed by atoms with Crippen LogP contribution in [0.2, 0.25) is 0 Å². The van der Waals surface area contributed by atoms with Crippen LogP contribution in [-0.4, -0.2) is 11.0 Å². The van der Waals surface area contributed by atoms with Gasteiger partial charge in [-0.05, 0) is 13.3 Å². The van der Waals surface area contributed by atoms with Gasteiger partial charge < -0.3 is 0 Å². The first-order valence-corrected chi connectivity index (χ1v) is 5.74. The van der Waals surface area contributed by atoms with Crippen molar-refractivity contribution in [3.05, 3.63) is 16.1 Å². The van der Waals surface area contributed by atoms with E-state index < -0.39 is 0 Å². The minimum Gasteiger partial charge on any atom is -0.298 e. The van der Waals surface area contributed by atoms with Crippen molar-refractivity contribution in [3.63, 3.8) is 0 Å². The SMILES string of the molecule is C#CC(CCC)NCc1csc(C)n1. The fourth-order valence-corrected chi connectivity index (χ4v) is 1.86. The number of aromatic nitrogens is 1. The molecule has 0 aliphatic heterocycles. The van der Waals surface area contributed by atoms with Gasteiger partial charge in [-0.25, -0.2) is 4.98 Å². The second-order valence-corrected chi connectivity index (χ2v) is 4.31. The second kappa shape index (κ2) is 5.79. The third kappa shape index (κ3) is 3.49. The van der Waals surface area contributed by atoms with Crippen molar-refractivity contribution in [2.45, 2.75) is 39.3 Å². The Kier molecular flexibility index (Phi) is 4.64. The van der Waals surface area contributed by atoms with E-state index in [2.05, 4.69) is 28.5 Å². The zero-order chi connectivity index (χ0) is 10.4. The van der Waals surface area contributed by atoms with E-state index in [0.29, 0.717) is 0 Å². The molecule has 1 N–H and O–H groups in total. The maximum absolute atomic E-state index is 5.40. The van der Waals surface area contributed by atoms with Gasteiger partial charge in [0.15, 0.2) is 0 Å². The van der Waals surface area contributed by atoms with Gasteiger partial charge in [0, 0.05) is 11.9 Å². The van der Waals surface area contributed by atoms with Crippen molar-refractivity contribution in [2.75, 3.05) is 0 Å². The van der Waals surface area contributed by atoms with Gasteiger partial charge in [0.05, 0.1) is 16.7 Å². The lowest BCUT2D eigenvalue weighted by molar-refractivity contribution is 0.558. The van der Waals surface area contributed by atoms with Gasteiger partial charge in [-0.2, -0.15) is 0 Å². The summed E-state index contributed by atoms with van der Waals surface area (Å²) in [5.74, 6) is 2.74. The molecule has 76 valence electrons. The molecule has 14 heavy (non-hydrogen) atoms. The van der Waals surface area contributed by atoms with Gasteiger partial charge in [-0.1, -0.05) is 19.3 Å². The summed E-state index contributed by atoms with van der Waals surface area (Å²) in [6.07, 6.45) is 7.53. The lowest BCUT2D eigenvalue weighted by Gasteiger charge is -2.09. The Morgan fingerprint density at radius 3 is 3.00 bits per heavy atom. The number of aryl methyl sites for hydroxylation is 1. The van der Waals surface area contributed by atoms with E-state index in [1.807, 2.05) is 6.92 Å². The highest BCUT2D eigenvalue weighted by Crippen LogP contribution is 2.07. The fourth-order valence-electron chi connectivity index (χ4n) is 1.25. The summed E-state index contributed by atoms with van der Waals surface area (Å²) in [6, 6.07) is 0.182. The molecule has 0 bridgehead atoms. The first-order chi connectivity index (χ1) is 6.76. The van der Waals surface area contributed by atoms with Gasteiger partial charge in [0.2, 0.25) is 0 Å². The number of thiazole rings is 1. The lowest BCUT2D eigenvalue weighted by Crippen LogP contribution is -2.26. The van der Waals surface area contributed by atoms with E-state index in [4.69, 9.17) is 6.42 Å². The van der Waals surface area contributed by atoms with Crippen LogP contribution in [0, 0.1) is 19.3 Å². The van der Waals surface area contributed by atoms with Crippen LogP contribution in [-0.2, 0) is 6.54 Å². The van der Waals surface area contributed by atoms with Crippen molar-refractivity contribution in [3.8, 4) is 12.3 Å². The molecule has 0 aliphatic rings. The van der Waals surface area contributed by atoms with Gasteiger partial charge >= 0.3 is 0 Å². The number of hydrogen-bond acceptors (Lipinski definition) is 3. The topological polar surface area (TPSA) is 24.9 Å². The summed E-state index contributed by atoms with van der Waals surface area (Å²) >= 11 is 1.67. The van der Waals surface area contributed by atoms with Crippen LogP contribution in [0.1, 0.15) is 30.5 Å². The van der Waals surface area contributed by atoms with Gasteiger partial charge in [0.25, 0.3) is 0 Å². The Morgan fingerprint density at radius 1 is 1.71 bits per heavy atom. The van der Waals surface area contributed by atoms with E-state index in [9.17, 15) is 0 Å². The Bertz CT molecular complexity index is 311. The molecule has 0 aliphatic carbocycles. The maximum atomic E-state index is 5.40. The molecule has 0 radical (unpaired) electrons. The number of rotatable bonds is 5. The van der Waals surface area contributed by atoms with Crippen LogP contribution >= 0.6 is 11.3 Å². The highest BCUT2D eigenvalue weighted by atomic mass is 32.1. The molecule has 1 unspecified atom stereocenters. The lowest BCUT2D eigenvalue weighted by atomic mass is 10.2. The summed E-state index contributed by atoms with van der Waals surface area (Å²) in [7, 11) is 0. The first kappa shape index (κ1) is 11.2. The molecule has 2 nitrogen and oxygen atoms in total. The van der Waals surface area contributed by atoms with Crippen LogP contribution < -0.4 is 5.32 Å². The normalized spacial score (nSPS) is 12.4. The predicted molar refractivity (Wildman–Crippen MR) is 61.2 cm³/mol. The number of nitrogens with zero attached hydrogens (tertiary/aromatic N) is 1. The van der Waals surface area contributed by atoms with Crippen LogP contribution in [0.3, 0.4) is 0 Å². The molecule has 1 atom stereocenters. The van der Waals surface area contributed by atoms with Crippen LogP contribution in [0.25, 0.3) is 0 Å². The third-order valence-electron chi connectivity index (χ3n) is 1.97. The van der Waals surface area contributed by atoms with Crippen LogP contribution in [0.4, 0.5) is 0 Å². The summed E-state index contributed by atoms with van der Waals surface area (Å²) in [5, 5.41) is 6.49. The summed E-state index contributed by atoms with van der Waals surface area (Å²) in [4.78, 5) is 4.36. The Hall–Kier alpha value is -0.850. The van der Waals surface area contributed by atoms with Crippen LogP contribution in [0.5, 0.6) is 0 Å². The second-order valence-electron chi connectivity index (χ2n) is 3.25. The zero-order valence-electron chi connectivity index (χ0n) is 8.71. The molecule has 0 spiro atoms. The van der Waals surface area contributed by atoms with Gasteiger partial charge in [-0.3, -0.25) is 5.32 Å². The van der Waals surface area contributed by atoms with E-state index in [1.54, 1.807) is 11.3 Å². The zero-order valence-corrected chi connectivity index (χ0v) is 9.53. The number of terminal acetylenes is 1. The van der Waals surface area contributed by atoms with Crippen LogP contribution in [0.15, 0.2) is 5.38 Å². The molecule has 3 heteroatoms. The molecular formula is C11H16N2S. The van der Waals surface area contributed by atoms with Crippen molar-refractivity contribution in [1.82, 2.24) is 10.3 Å². The minimum absolute atomic E-state index is 0.182. The van der Waals surface area contributed by atoms with E-state index in [-0.39, 0.29) is 6.04 Å². The average Bonchev–Trinajstić information content (AvgIpc) is 2.59. The highest BCUT2D eigenvalue weighted by molar-refractivity contribution is 7.09. The van der Waals surface area contributed by atoms with Gasteiger partial charge in [-0.15, -0.1) is 17.8 Å². The Morgan fingerprint density at radius 2 is 2.50 bits per heavy atom. The summed E-state index contributed by atoms with van der Waals surface area (Å²) < 4.78 is 0. The quantitative estimate of drug-likeness (QED) is 0.751. The first-order valence-electron chi connectivity index (χ1n) is 4.86. The third-order valence-corrected chi connectivity index (χ3v) is 2.80. The molecule has 0 amide bonds. The fraction of sp³-hybridized carbons (Fsp3) is 0.545. The Balaban J connectivity index is 2.36. The van der Waals surface area contributed by atoms with Crippen molar-refractivity contribution in [2.24, 2.45) is 0 Å². The summed E-state index contributed by atoms with van der Waals surface area (Å²) in [5.41, 5.74) is 1.09. The maximum Gasteiger partial charge on any atom is 0.0897 e. The summed E-state index contributed by atoms with van der Waals surface area (Å²) in [6.45, 7) is 4.93. The Labute approximate surface area is 89.8 Å².